The molecule has 29 heavy (non-hydrogen) atoms. The van der Waals surface area contributed by atoms with E-state index >= 15 is 0 Å². The third-order valence-electron chi connectivity index (χ3n) is 5.87. The topological polar surface area (TPSA) is 68.0 Å². The van der Waals surface area contributed by atoms with Crippen molar-refractivity contribution in [3.8, 4) is 0 Å². The monoisotopic (exact) mass is 410 g/mol. The van der Waals surface area contributed by atoms with Crippen LogP contribution in [-0.4, -0.2) is 55.7 Å². The minimum atomic E-state index is -4.36. The Kier molecular flexibility index (Phi) is 4.82. The van der Waals surface area contributed by atoms with E-state index in [0.29, 0.717) is 36.7 Å². The van der Waals surface area contributed by atoms with Gasteiger partial charge in [0.1, 0.15) is 11.5 Å². The van der Waals surface area contributed by atoms with Gasteiger partial charge in [-0.1, -0.05) is 13.8 Å². The van der Waals surface area contributed by atoms with E-state index in [9.17, 15) is 18.0 Å². The molecular formula is C19H25F3N6O. The third-order valence-corrected chi connectivity index (χ3v) is 5.87. The standard InChI is InChI=1S/C19H25F3N6O/c1-11(2)14-8-16(19(20,21)22)28-17(23-14)9-15(25-28)12-4-7-27(10-12)18(29)13-5-6-26(3)24-13/h5-6,9,11-12,14,16,23H,4,7-8,10H2,1-3H3/t12-,14+,16-/m1/s1. The largest absolute Gasteiger partial charge is 0.410 e. The lowest BCUT2D eigenvalue weighted by molar-refractivity contribution is -0.174. The van der Waals surface area contributed by atoms with E-state index in [-0.39, 0.29) is 30.2 Å². The fourth-order valence-corrected chi connectivity index (χ4v) is 4.14. The van der Waals surface area contributed by atoms with E-state index in [2.05, 4.69) is 15.5 Å². The summed E-state index contributed by atoms with van der Waals surface area (Å²) in [6, 6.07) is 1.48. The van der Waals surface area contributed by atoms with Gasteiger partial charge in [0.05, 0.1) is 5.69 Å². The number of nitrogens with one attached hydrogen (secondary N) is 1. The molecule has 1 fully saturated rings. The van der Waals surface area contributed by atoms with Crippen LogP contribution in [0.15, 0.2) is 18.3 Å². The van der Waals surface area contributed by atoms with Gasteiger partial charge in [0.25, 0.3) is 5.91 Å². The number of halogens is 3. The lowest BCUT2D eigenvalue weighted by atomic mass is 9.94. The van der Waals surface area contributed by atoms with Gasteiger partial charge in [0.15, 0.2) is 6.04 Å². The molecular weight excluding hydrogens is 385 g/mol. The van der Waals surface area contributed by atoms with Crippen LogP contribution in [0.5, 0.6) is 0 Å². The highest BCUT2D eigenvalue weighted by Gasteiger charge is 2.47. The lowest BCUT2D eigenvalue weighted by Crippen LogP contribution is -2.41. The summed E-state index contributed by atoms with van der Waals surface area (Å²) in [6.45, 7) is 4.79. The number of carbonyl (C=O) groups is 1. The van der Waals surface area contributed by atoms with Crippen molar-refractivity contribution in [1.82, 2.24) is 24.5 Å². The molecule has 0 bridgehead atoms. The molecule has 7 nitrogen and oxygen atoms in total. The molecule has 1 N–H and O–H groups in total. The van der Waals surface area contributed by atoms with Crippen LogP contribution >= 0.6 is 0 Å². The van der Waals surface area contributed by atoms with E-state index in [1.54, 1.807) is 35.0 Å². The molecule has 0 aromatic carbocycles. The minimum absolute atomic E-state index is 0.0375. The first-order valence-electron chi connectivity index (χ1n) is 9.85. The summed E-state index contributed by atoms with van der Waals surface area (Å²) < 4.78 is 43.6. The molecule has 3 atom stereocenters. The molecule has 0 spiro atoms. The average molecular weight is 410 g/mol. The molecule has 2 aliphatic heterocycles. The van der Waals surface area contributed by atoms with Gasteiger partial charge in [0.2, 0.25) is 0 Å². The number of alkyl halides is 3. The Morgan fingerprint density at radius 1 is 1.31 bits per heavy atom. The minimum Gasteiger partial charge on any atom is -0.367 e. The van der Waals surface area contributed by atoms with Gasteiger partial charge in [-0.15, -0.1) is 0 Å². The average Bonchev–Trinajstić information content (AvgIpc) is 3.37. The molecule has 0 radical (unpaired) electrons. The number of aromatic nitrogens is 4. The van der Waals surface area contributed by atoms with Crippen LogP contribution in [0.4, 0.5) is 19.0 Å². The van der Waals surface area contributed by atoms with Crippen LogP contribution in [0.3, 0.4) is 0 Å². The molecule has 1 saturated heterocycles. The molecule has 4 rings (SSSR count). The van der Waals surface area contributed by atoms with Gasteiger partial charge >= 0.3 is 6.18 Å². The van der Waals surface area contributed by atoms with Crippen molar-refractivity contribution in [2.24, 2.45) is 13.0 Å². The molecule has 2 aliphatic rings. The number of hydrogen-bond donors (Lipinski definition) is 1. The number of carbonyl (C=O) groups excluding carboxylic acids is 1. The highest BCUT2D eigenvalue weighted by molar-refractivity contribution is 5.92. The molecule has 158 valence electrons. The zero-order valence-electron chi connectivity index (χ0n) is 16.6. The van der Waals surface area contributed by atoms with Crippen LogP contribution < -0.4 is 5.32 Å². The molecule has 0 aliphatic carbocycles. The van der Waals surface area contributed by atoms with Crippen LogP contribution in [-0.2, 0) is 7.05 Å². The molecule has 1 amide bonds. The summed E-state index contributed by atoms with van der Waals surface area (Å²) in [5.74, 6) is 0.226. The van der Waals surface area contributed by atoms with Gasteiger partial charge in [-0.2, -0.15) is 23.4 Å². The number of rotatable bonds is 3. The number of anilines is 1. The SMILES string of the molecule is CC(C)[C@@H]1C[C@H](C(F)(F)F)n2nc([C@@H]3CCN(C(=O)c4ccn(C)n4)C3)cc2N1. The maximum atomic E-state index is 13.7. The number of amides is 1. The Bertz CT molecular complexity index is 902. The molecule has 0 saturated carbocycles. The van der Waals surface area contributed by atoms with E-state index in [1.165, 1.54) is 0 Å². The fraction of sp³-hybridized carbons (Fsp3) is 0.632. The van der Waals surface area contributed by atoms with Crippen molar-refractivity contribution < 1.29 is 18.0 Å². The van der Waals surface area contributed by atoms with Gasteiger partial charge < -0.3 is 10.2 Å². The number of nitrogens with zero attached hydrogens (tertiary/aromatic N) is 5. The first kappa shape index (κ1) is 19.8. The predicted molar refractivity (Wildman–Crippen MR) is 101 cm³/mol. The fourth-order valence-electron chi connectivity index (χ4n) is 4.14. The second kappa shape index (κ2) is 7.07. The van der Waals surface area contributed by atoms with Crippen LogP contribution in [0.25, 0.3) is 0 Å². The zero-order chi connectivity index (χ0) is 20.9. The normalized spacial score (nSPS) is 24.7. The third kappa shape index (κ3) is 3.72. The second-order valence-corrected chi connectivity index (χ2v) is 8.30. The van der Waals surface area contributed by atoms with E-state index < -0.39 is 12.2 Å². The van der Waals surface area contributed by atoms with E-state index in [0.717, 1.165) is 4.68 Å². The van der Waals surface area contributed by atoms with Crippen molar-refractivity contribution >= 4 is 11.7 Å². The Hall–Kier alpha value is -2.52. The van der Waals surface area contributed by atoms with Gasteiger partial charge in [-0.3, -0.25) is 9.48 Å². The predicted octanol–water partition coefficient (Wildman–Crippen LogP) is 3.19. The maximum Gasteiger partial charge on any atom is 0.410 e. The Labute approximate surface area is 166 Å². The smallest absolute Gasteiger partial charge is 0.367 e. The van der Waals surface area contributed by atoms with E-state index in [4.69, 9.17) is 0 Å². The molecule has 2 aromatic rings. The number of hydrogen-bond acceptors (Lipinski definition) is 4. The Balaban J connectivity index is 1.54. The van der Waals surface area contributed by atoms with Crippen molar-refractivity contribution in [2.75, 3.05) is 18.4 Å². The van der Waals surface area contributed by atoms with Crippen molar-refractivity contribution in [3.63, 3.8) is 0 Å². The summed E-state index contributed by atoms with van der Waals surface area (Å²) in [4.78, 5) is 14.3. The first-order chi connectivity index (χ1) is 13.6. The Morgan fingerprint density at radius 2 is 2.07 bits per heavy atom. The zero-order valence-corrected chi connectivity index (χ0v) is 16.6. The first-order valence-corrected chi connectivity index (χ1v) is 9.85. The van der Waals surface area contributed by atoms with Crippen molar-refractivity contribution in [3.05, 3.63) is 29.7 Å². The van der Waals surface area contributed by atoms with Crippen LogP contribution in [0.2, 0.25) is 0 Å². The number of likely N-dealkylation sites (tertiary alicyclic amines) is 1. The number of fused-ring (bicyclic) bond motifs is 1. The lowest BCUT2D eigenvalue weighted by Gasteiger charge is -2.35. The summed E-state index contributed by atoms with van der Waals surface area (Å²) in [7, 11) is 1.74. The summed E-state index contributed by atoms with van der Waals surface area (Å²) in [6.07, 6.45) is -2.02. The van der Waals surface area contributed by atoms with E-state index in [1.807, 2.05) is 13.8 Å². The second-order valence-electron chi connectivity index (χ2n) is 8.30. The quantitative estimate of drug-likeness (QED) is 0.844. The van der Waals surface area contributed by atoms with Gasteiger partial charge in [-0.05, 0) is 24.8 Å². The molecule has 4 heterocycles. The van der Waals surface area contributed by atoms with Gasteiger partial charge in [-0.25, -0.2) is 4.68 Å². The summed E-state index contributed by atoms with van der Waals surface area (Å²) in [5.41, 5.74) is 0.971. The molecule has 0 unspecified atom stereocenters. The van der Waals surface area contributed by atoms with Gasteiger partial charge in [0, 0.05) is 44.4 Å². The Morgan fingerprint density at radius 3 is 2.69 bits per heavy atom. The van der Waals surface area contributed by atoms with Crippen molar-refractivity contribution in [1.29, 1.82) is 0 Å². The number of aryl methyl sites for hydroxylation is 1. The van der Waals surface area contributed by atoms with Crippen LogP contribution in [0, 0.1) is 5.92 Å². The van der Waals surface area contributed by atoms with Crippen molar-refractivity contribution in [2.45, 2.75) is 50.9 Å². The molecule has 10 heteroatoms. The summed E-state index contributed by atoms with van der Waals surface area (Å²) in [5, 5.41) is 11.7. The molecule has 2 aromatic heterocycles. The summed E-state index contributed by atoms with van der Waals surface area (Å²) >= 11 is 0. The highest BCUT2D eigenvalue weighted by atomic mass is 19.4. The maximum absolute atomic E-state index is 13.7. The highest BCUT2D eigenvalue weighted by Crippen LogP contribution is 2.42. The van der Waals surface area contributed by atoms with Crippen LogP contribution in [0.1, 0.15) is 54.8 Å².